The molecule has 0 saturated heterocycles. The molecule has 5 nitrogen and oxygen atoms in total. The van der Waals surface area contributed by atoms with Crippen LogP contribution in [0.25, 0.3) is 10.9 Å². The lowest BCUT2D eigenvalue weighted by atomic mass is 10.0. The number of aromatic nitrogens is 2. The summed E-state index contributed by atoms with van der Waals surface area (Å²) in [5, 5.41) is 1.40. The van der Waals surface area contributed by atoms with Gasteiger partial charge in [-0.25, -0.2) is 0 Å². The van der Waals surface area contributed by atoms with Crippen LogP contribution in [0.3, 0.4) is 0 Å². The summed E-state index contributed by atoms with van der Waals surface area (Å²) in [7, 11) is 4.39. The first-order valence-electron chi connectivity index (χ1n) is 10.2. The number of aryl methyl sites for hydroxylation is 1. The summed E-state index contributed by atoms with van der Waals surface area (Å²) in [6.07, 6.45) is 9.18. The Labute approximate surface area is 171 Å². The fourth-order valence-corrected chi connectivity index (χ4v) is 4.27. The molecule has 148 valence electrons. The highest BCUT2D eigenvalue weighted by Crippen LogP contribution is 2.32. The number of pyridine rings is 1. The Morgan fingerprint density at radius 1 is 1.14 bits per heavy atom. The van der Waals surface area contributed by atoms with Crippen LogP contribution in [0.1, 0.15) is 17.0 Å². The monoisotopic (exact) mass is 386 g/mol. The maximum Gasteiger partial charge on any atom is 0.130 e. The second-order valence-electron chi connectivity index (χ2n) is 7.86. The first kappa shape index (κ1) is 18.0. The molecule has 1 aromatic carbocycles. The minimum Gasteiger partial charge on any atom is -0.488 e. The largest absolute Gasteiger partial charge is 0.488 e. The van der Waals surface area contributed by atoms with Crippen LogP contribution in [0.4, 0.5) is 5.69 Å². The highest BCUT2D eigenvalue weighted by molar-refractivity contribution is 5.89. The van der Waals surface area contributed by atoms with Crippen molar-refractivity contribution in [2.45, 2.75) is 19.6 Å². The average Bonchev–Trinajstić information content (AvgIpc) is 3.04. The van der Waals surface area contributed by atoms with Crippen LogP contribution in [0.5, 0.6) is 0 Å². The third kappa shape index (κ3) is 3.42. The van der Waals surface area contributed by atoms with Crippen molar-refractivity contribution in [3.05, 3.63) is 83.7 Å². The van der Waals surface area contributed by atoms with Gasteiger partial charge < -0.3 is 19.1 Å². The molecule has 0 radical (unpaired) electrons. The lowest BCUT2D eigenvalue weighted by molar-refractivity contribution is 0.206. The Kier molecular flexibility index (Phi) is 4.60. The zero-order valence-electron chi connectivity index (χ0n) is 17.0. The number of hydrogen-bond acceptors (Lipinski definition) is 4. The van der Waals surface area contributed by atoms with Gasteiger partial charge in [-0.3, -0.25) is 4.98 Å². The number of nitrogens with zero attached hydrogens (tertiary/aromatic N) is 4. The van der Waals surface area contributed by atoms with E-state index in [4.69, 9.17) is 4.74 Å². The van der Waals surface area contributed by atoms with E-state index in [1.54, 1.807) is 6.20 Å². The Morgan fingerprint density at radius 2 is 2.07 bits per heavy atom. The highest BCUT2D eigenvalue weighted by Gasteiger charge is 2.21. The minimum absolute atomic E-state index is 0.492. The molecule has 4 heterocycles. The zero-order valence-corrected chi connectivity index (χ0v) is 17.0. The molecule has 0 bridgehead atoms. The van der Waals surface area contributed by atoms with Gasteiger partial charge in [0.1, 0.15) is 12.4 Å². The molecule has 0 unspecified atom stereocenters. The van der Waals surface area contributed by atoms with Gasteiger partial charge in [-0.15, -0.1) is 0 Å². The van der Waals surface area contributed by atoms with Gasteiger partial charge in [-0.05, 0) is 55.4 Å². The molecule has 2 aliphatic rings. The van der Waals surface area contributed by atoms with Crippen molar-refractivity contribution in [1.82, 2.24) is 14.5 Å². The standard InChI is InChI=1S/C24H26N4O/c1-26-12-10-22-21-7-6-19(15-23(21)27(2)24(22)16-26)28-13-8-20(9-14-28)29-17-18-5-3-4-11-25-18/h3-9,11,13,15H,10,12,14,16-17H2,1-2H3. The number of likely N-dealkylation sites (N-methyl/N-ethyl adjacent to an activating group) is 1. The average molecular weight is 386 g/mol. The fourth-order valence-electron chi connectivity index (χ4n) is 4.27. The van der Waals surface area contributed by atoms with E-state index >= 15 is 0 Å². The summed E-state index contributed by atoms with van der Waals surface area (Å²) in [5.41, 5.74) is 6.43. The number of ether oxygens (including phenoxy) is 1. The summed E-state index contributed by atoms with van der Waals surface area (Å²) in [4.78, 5) is 8.95. The maximum absolute atomic E-state index is 5.88. The first-order valence-corrected chi connectivity index (χ1v) is 10.2. The Hall–Kier alpha value is -3.05. The molecule has 5 rings (SSSR count). The van der Waals surface area contributed by atoms with Crippen LogP contribution in [0.2, 0.25) is 0 Å². The molecule has 0 N–H and O–H groups in total. The van der Waals surface area contributed by atoms with Gasteiger partial charge in [0.05, 0.1) is 11.2 Å². The second-order valence-corrected chi connectivity index (χ2v) is 7.86. The third-order valence-corrected chi connectivity index (χ3v) is 5.94. The van der Waals surface area contributed by atoms with Gasteiger partial charge in [-0.1, -0.05) is 12.1 Å². The Balaban J connectivity index is 1.32. The lowest BCUT2D eigenvalue weighted by Gasteiger charge is -2.23. The predicted octanol–water partition coefficient (Wildman–Crippen LogP) is 4.00. The number of anilines is 1. The maximum atomic E-state index is 5.88. The van der Waals surface area contributed by atoms with Crippen molar-refractivity contribution in [2.75, 3.05) is 25.0 Å². The third-order valence-electron chi connectivity index (χ3n) is 5.94. The molecule has 5 heteroatoms. The number of allylic oxidation sites excluding steroid dienone is 1. The van der Waals surface area contributed by atoms with E-state index in [0.717, 1.165) is 37.5 Å². The van der Waals surface area contributed by atoms with E-state index in [-0.39, 0.29) is 0 Å². The van der Waals surface area contributed by atoms with Crippen LogP contribution < -0.4 is 4.90 Å². The van der Waals surface area contributed by atoms with Gasteiger partial charge in [0, 0.05) is 55.8 Å². The van der Waals surface area contributed by atoms with Crippen LogP contribution in [-0.4, -0.2) is 34.6 Å². The summed E-state index contributed by atoms with van der Waals surface area (Å²) >= 11 is 0. The zero-order chi connectivity index (χ0) is 19.8. The van der Waals surface area contributed by atoms with Crippen molar-refractivity contribution in [3.63, 3.8) is 0 Å². The molecule has 3 aromatic rings. The van der Waals surface area contributed by atoms with Crippen molar-refractivity contribution < 1.29 is 4.74 Å². The number of fused-ring (bicyclic) bond motifs is 3. The Bertz CT molecular complexity index is 1100. The molecular weight excluding hydrogens is 360 g/mol. The molecule has 0 amide bonds. The lowest BCUT2D eigenvalue weighted by Crippen LogP contribution is -2.27. The smallest absolute Gasteiger partial charge is 0.130 e. The van der Waals surface area contributed by atoms with Crippen LogP contribution in [0, 0.1) is 0 Å². The van der Waals surface area contributed by atoms with Gasteiger partial charge in [0.25, 0.3) is 0 Å². The SMILES string of the molecule is CN1CCc2c(n(C)c3cc(N4C=CC(OCc5ccccn5)=CC4)ccc23)C1. The Morgan fingerprint density at radius 3 is 2.86 bits per heavy atom. The molecule has 2 aliphatic heterocycles. The summed E-state index contributed by atoms with van der Waals surface area (Å²) in [5.74, 6) is 0.894. The van der Waals surface area contributed by atoms with E-state index in [1.807, 2.05) is 24.3 Å². The quantitative estimate of drug-likeness (QED) is 0.679. The molecule has 29 heavy (non-hydrogen) atoms. The topological polar surface area (TPSA) is 33.5 Å². The van der Waals surface area contributed by atoms with Crippen molar-refractivity contribution >= 4 is 16.6 Å². The van der Waals surface area contributed by atoms with Gasteiger partial charge >= 0.3 is 0 Å². The van der Waals surface area contributed by atoms with Gasteiger partial charge in [-0.2, -0.15) is 0 Å². The van der Waals surface area contributed by atoms with Gasteiger partial charge in [0.2, 0.25) is 0 Å². The first-order chi connectivity index (χ1) is 14.2. The molecule has 0 spiro atoms. The number of rotatable bonds is 4. The normalized spacial score (nSPS) is 16.8. The second kappa shape index (κ2) is 7.41. The molecule has 0 fully saturated rings. The molecular formula is C24H26N4O. The van der Waals surface area contributed by atoms with Gasteiger partial charge in [0.15, 0.2) is 0 Å². The van der Waals surface area contributed by atoms with Crippen molar-refractivity contribution in [3.8, 4) is 0 Å². The minimum atomic E-state index is 0.492. The number of benzene rings is 1. The van der Waals surface area contributed by atoms with Crippen LogP contribution >= 0.6 is 0 Å². The van der Waals surface area contributed by atoms with E-state index in [0.29, 0.717) is 6.61 Å². The van der Waals surface area contributed by atoms with E-state index < -0.39 is 0 Å². The fraction of sp³-hybridized carbons (Fsp3) is 0.292. The molecule has 0 aliphatic carbocycles. The van der Waals surface area contributed by atoms with Crippen molar-refractivity contribution in [1.29, 1.82) is 0 Å². The van der Waals surface area contributed by atoms with Crippen LogP contribution in [-0.2, 0) is 31.4 Å². The molecule has 0 atom stereocenters. The molecule has 0 saturated carbocycles. The molecule has 2 aromatic heterocycles. The highest BCUT2D eigenvalue weighted by atomic mass is 16.5. The summed E-state index contributed by atoms with van der Waals surface area (Å²) < 4.78 is 8.25. The number of hydrogen-bond donors (Lipinski definition) is 0. The van der Waals surface area contributed by atoms with E-state index in [2.05, 4.69) is 63.9 Å². The van der Waals surface area contributed by atoms with Crippen molar-refractivity contribution in [2.24, 2.45) is 7.05 Å². The predicted molar refractivity (Wildman–Crippen MR) is 117 cm³/mol. The van der Waals surface area contributed by atoms with E-state index in [9.17, 15) is 0 Å². The van der Waals surface area contributed by atoms with E-state index in [1.165, 1.54) is 27.8 Å². The van der Waals surface area contributed by atoms with Crippen LogP contribution in [0.15, 0.2) is 66.7 Å². The summed E-state index contributed by atoms with van der Waals surface area (Å²) in [6, 6.07) is 12.7. The summed E-state index contributed by atoms with van der Waals surface area (Å²) in [6.45, 7) is 3.45.